The molecule has 5 heteroatoms. The molecule has 0 aliphatic carbocycles. The van der Waals surface area contributed by atoms with Crippen LogP contribution in [-0.2, 0) is 10.0 Å². The molecule has 1 saturated heterocycles. The van der Waals surface area contributed by atoms with Crippen molar-refractivity contribution in [3.63, 3.8) is 0 Å². The van der Waals surface area contributed by atoms with Crippen molar-refractivity contribution in [3.05, 3.63) is 24.3 Å². The maximum atomic E-state index is 11.9. The van der Waals surface area contributed by atoms with Gasteiger partial charge in [0.15, 0.2) is 0 Å². The fourth-order valence-corrected chi connectivity index (χ4v) is 3.48. The molecule has 1 aromatic rings. The Morgan fingerprint density at radius 1 is 1.31 bits per heavy atom. The topological polar surface area (TPSA) is 49.7 Å². The van der Waals surface area contributed by atoms with Crippen molar-refractivity contribution in [2.45, 2.75) is 23.8 Å². The highest BCUT2D eigenvalue weighted by Gasteiger charge is 2.31. The monoisotopic (exact) mass is 236 g/mol. The van der Waals surface area contributed by atoms with Crippen molar-refractivity contribution in [3.8, 4) is 0 Å². The number of sulfonamides is 1. The second-order valence-electron chi connectivity index (χ2n) is 4.10. The highest BCUT2D eigenvalue weighted by atomic mass is 32.2. The second kappa shape index (κ2) is 3.31. The lowest BCUT2D eigenvalue weighted by Gasteiger charge is -2.23. The average molecular weight is 236 g/mol. The van der Waals surface area contributed by atoms with Gasteiger partial charge in [-0.2, -0.15) is 12.8 Å². The van der Waals surface area contributed by atoms with E-state index in [1.165, 1.54) is 0 Å². The first kappa shape index (κ1) is 9.84. The van der Waals surface area contributed by atoms with Gasteiger partial charge < -0.3 is 4.90 Å². The Morgan fingerprint density at radius 2 is 2.12 bits per heavy atom. The van der Waals surface area contributed by atoms with E-state index in [4.69, 9.17) is 0 Å². The van der Waals surface area contributed by atoms with Gasteiger partial charge in [-0.1, -0.05) is 12.1 Å². The maximum absolute atomic E-state index is 11.9. The molecule has 2 heterocycles. The van der Waals surface area contributed by atoms with E-state index in [0.29, 0.717) is 4.90 Å². The van der Waals surface area contributed by atoms with Crippen molar-refractivity contribution in [2.75, 3.05) is 11.4 Å². The van der Waals surface area contributed by atoms with E-state index in [-0.39, 0.29) is 6.04 Å². The van der Waals surface area contributed by atoms with E-state index in [2.05, 4.69) is 9.30 Å². The standard InChI is InChI=1S/C11H12N2O2S/c14-16(15)11-6-2-1-5-10(11)13-7-3-4-9(13)8-12-16/h1-2,5-6,8-9H,3-4,7H2/t9-/m0/s1. The van der Waals surface area contributed by atoms with Crippen LogP contribution in [0.25, 0.3) is 0 Å². The number of para-hydroxylation sites is 1. The van der Waals surface area contributed by atoms with Crippen LogP contribution in [0.4, 0.5) is 5.69 Å². The molecule has 1 aromatic carbocycles. The number of hydrogen-bond donors (Lipinski definition) is 0. The molecule has 0 saturated carbocycles. The molecule has 1 atom stereocenters. The van der Waals surface area contributed by atoms with Crippen molar-refractivity contribution in [1.82, 2.24) is 0 Å². The zero-order valence-electron chi connectivity index (χ0n) is 8.70. The molecular weight excluding hydrogens is 224 g/mol. The van der Waals surface area contributed by atoms with Gasteiger partial charge in [0.05, 0.1) is 11.7 Å². The summed E-state index contributed by atoms with van der Waals surface area (Å²) in [6.07, 6.45) is 3.64. The van der Waals surface area contributed by atoms with Gasteiger partial charge in [0.25, 0.3) is 10.0 Å². The molecule has 2 aliphatic heterocycles. The Morgan fingerprint density at radius 3 is 3.00 bits per heavy atom. The summed E-state index contributed by atoms with van der Waals surface area (Å²) >= 11 is 0. The minimum absolute atomic E-state index is 0.137. The van der Waals surface area contributed by atoms with Gasteiger partial charge in [0.1, 0.15) is 4.90 Å². The van der Waals surface area contributed by atoms with E-state index < -0.39 is 10.0 Å². The fourth-order valence-electron chi connectivity index (χ4n) is 2.37. The van der Waals surface area contributed by atoms with Crippen molar-refractivity contribution in [1.29, 1.82) is 0 Å². The van der Waals surface area contributed by atoms with E-state index in [1.807, 2.05) is 12.1 Å². The molecule has 3 rings (SSSR count). The van der Waals surface area contributed by atoms with Crippen LogP contribution in [0.1, 0.15) is 12.8 Å². The minimum atomic E-state index is -3.49. The van der Waals surface area contributed by atoms with Crippen LogP contribution in [-0.4, -0.2) is 27.2 Å². The van der Waals surface area contributed by atoms with Crippen LogP contribution in [0, 0.1) is 0 Å². The van der Waals surface area contributed by atoms with Crippen molar-refractivity contribution in [2.24, 2.45) is 4.40 Å². The zero-order valence-corrected chi connectivity index (χ0v) is 9.52. The molecule has 4 nitrogen and oxygen atoms in total. The molecule has 0 bridgehead atoms. The largest absolute Gasteiger partial charge is 0.362 e. The Kier molecular flexibility index (Phi) is 2.04. The molecule has 0 spiro atoms. The SMILES string of the molecule is O=S1(=O)N=C[C@@H]2CCCN2c2ccccc21. The summed E-state index contributed by atoms with van der Waals surface area (Å²) in [5.74, 6) is 0. The number of rotatable bonds is 0. The second-order valence-corrected chi connectivity index (χ2v) is 5.70. The molecule has 2 aliphatic rings. The molecule has 0 radical (unpaired) electrons. The summed E-state index contributed by atoms with van der Waals surface area (Å²) in [6.45, 7) is 0.906. The molecular formula is C11H12N2O2S. The Bertz CT molecular complexity index is 551. The van der Waals surface area contributed by atoms with E-state index in [1.54, 1.807) is 18.3 Å². The van der Waals surface area contributed by atoms with Gasteiger partial charge in [-0.05, 0) is 25.0 Å². The van der Waals surface area contributed by atoms with Crippen molar-refractivity contribution >= 4 is 21.9 Å². The van der Waals surface area contributed by atoms with Crippen LogP contribution in [0.15, 0.2) is 33.6 Å². The van der Waals surface area contributed by atoms with Gasteiger partial charge in [0.2, 0.25) is 0 Å². The highest BCUT2D eigenvalue weighted by Crippen LogP contribution is 2.33. The average Bonchev–Trinajstić information content (AvgIpc) is 2.71. The van der Waals surface area contributed by atoms with Gasteiger partial charge >= 0.3 is 0 Å². The Balaban J connectivity index is 2.27. The number of fused-ring (bicyclic) bond motifs is 3. The molecule has 1 fully saturated rings. The molecule has 84 valence electrons. The summed E-state index contributed by atoms with van der Waals surface area (Å²) < 4.78 is 27.5. The van der Waals surface area contributed by atoms with Crippen molar-refractivity contribution < 1.29 is 8.42 Å². The van der Waals surface area contributed by atoms with Crippen LogP contribution in [0.3, 0.4) is 0 Å². The lowest BCUT2D eigenvalue weighted by Crippen LogP contribution is -2.29. The first-order valence-corrected chi connectivity index (χ1v) is 6.79. The lowest BCUT2D eigenvalue weighted by molar-refractivity contribution is 0.598. The molecule has 0 amide bonds. The summed E-state index contributed by atoms with van der Waals surface area (Å²) in [7, 11) is -3.49. The predicted molar refractivity (Wildman–Crippen MR) is 62.5 cm³/mol. The van der Waals surface area contributed by atoms with Gasteiger partial charge in [-0.25, -0.2) is 0 Å². The van der Waals surface area contributed by atoms with Crippen LogP contribution < -0.4 is 4.90 Å². The van der Waals surface area contributed by atoms with Crippen LogP contribution >= 0.6 is 0 Å². The minimum Gasteiger partial charge on any atom is -0.362 e. The summed E-state index contributed by atoms with van der Waals surface area (Å²) in [4.78, 5) is 2.46. The third-order valence-corrected chi connectivity index (χ3v) is 4.42. The fraction of sp³-hybridized carbons (Fsp3) is 0.364. The molecule has 0 aromatic heterocycles. The Hall–Kier alpha value is -1.36. The molecule has 0 N–H and O–H groups in total. The first-order chi connectivity index (χ1) is 7.68. The first-order valence-electron chi connectivity index (χ1n) is 5.35. The van der Waals surface area contributed by atoms with E-state index >= 15 is 0 Å². The van der Waals surface area contributed by atoms with Gasteiger partial charge in [-0.3, -0.25) is 0 Å². The highest BCUT2D eigenvalue weighted by molar-refractivity contribution is 7.90. The van der Waals surface area contributed by atoms with Crippen LogP contribution in [0.5, 0.6) is 0 Å². The Labute approximate surface area is 94.7 Å². The number of nitrogens with zero attached hydrogens (tertiary/aromatic N) is 2. The van der Waals surface area contributed by atoms with Gasteiger partial charge in [0, 0.05) is 12.8 Å². The van der Waals surface area contributed by atoms with E-state index in [0.717, 1.165) is 25.1 Å². The van der Waals surface area contributed by atoms with Crippen LogP contribution in [0.2, 0.25) is 0 Å². The molecule has 16 heavy (non-hydrogen) atoms. The van der Waals surface area contributed by atoms with Gasteiger partial charge in [-0.15, -0.1) is 0 Å². The summed E-state index contributed by atoms with van der Waals surface area (Å²) in [6, 6.07) is 7.23. The number of hydrogen-bond acceptors (Lipinski definition) is 3. The normalized spacial score (nSPS) is 26.0. The third-order valence-electron chi connectivity index (χ3n) is 3.12. The quantitative estimate of drug-likeness (QED) is 0.684. The smallest absolute Gasteiger partial charge is 0.284 e. The summed E-state index contributed by atoms with van der Waals surface area (Å²) in [5, 5.41) is 0. The lowest BCUT2D eigenvalue weighted by atomic mass is 10.2. The predicted octanol–water partition coefficient (Wildman–Crippen LogP) is 1.43. The number of anilines is 1. The maximum Gasteiger partial charge on any atom is 0.284 e. The summed E-state index contributed by atoms with van der Waals surface area (Å²) in [5.41, 5.74) is 0.794. The zero-order chi connectivity index (χ0) is 11.2. The number of benzene rings is 1. The van der Waals surface area contributed by atoms with E-state index in [9.17, 15) is 8.42 Å². The third kappa shape index (κ3) is 1.35. The molecule has 0 unspecified atom stereocenters.